The maximum Gasteiger partial charge on any atom is 0.243 e. The molecule has 0 unspecified atom stereocenters. The molecule has 2 aromatic carbocycles. The second-order valence-electron chi connectivity index (χ2n) is 6.16. The molecule has 0 N–H and O–H groups in total. The van der Waals surface area contributed by atoms with Crippen LogP contribution in [-0.2, 0) is 10.0 Å². The fraction of sp³-hybridized carbons (Fsp3) is 0.333. The Hall–Kier alpha value is -1.65. The fourth-order valence-electron chi connectivity index (χ4n) is 3.10. The molecular formula is C18H21NO2S. The summed E-state index contributed by atoms with van der Waals surface area (Å²) in [5.41, 5.74) is 2.14. The number of rotatable bonds is 3. The summed E-state index contributed by atoms with van der Waals surface area (Å²) in [6.45, 7) is 4.65. The summed E-state index contributed by atoms with van der Waals surface area (Å²) < 4.78 is 27.7. The minimum absolute atomic E-state index is 0.0671. The van der Waals surface area contributed by atoms with Gasteiger partial charge < -0.3 is 0 Å². The van der Waals surface area contributed by atoms with Crippen molar-refractivity contribution in [1.29, 1.82) is 0 Å². The molecule has 4 heteroatoms. The van der Waals surface area contributed by atoms with Crippen LogP contribution in [0.15, 0.2) is 59.5 Å². The van der Waals surface area contributed by atoms with Crippen molar-refractivity contribution in [2.45, 2.75) is 31.2 Å². The van der Waals surface area contributed by atoms with Crippen molar-refractivity contribution >= 4 is 10.0 Å². The highest BCUT2D eigenvalue weighted by Gasteiger charge is 2.39. The zero-order valence-corrected chi connectivity index (χ0v) is 13.8. The largest absolute Gasteiger partial charge is 0.243 e. The predicted molar refractivity (Wildman–Crippen MR) is 88.0 cm³/mol. The third kappa shape index (κ3) is 2.81. The molecule has 116 valence electrons. The molecular weight excluding hydrogens is 294 g/mol. The molecule has 2 aromatic rings. The molecule has 0 spiro atoms. The first-order valence-electron chi connectivity index (χ1n) is 7.62. The van der Waals surface area contributed by atoms with Crippen molar-refractivity contribution < 1.29 is 8.42 Å². The zero-order valence-electron chi connectivity index (χ0n) is 12.9. The Morgan fingerprint density at radius 2 is 1.64 bits per heavy atom. The minimum Gasteiger partial charge on any atom is -0.207 e. The van der Waals surface area contributed by atoms with Gasteiger partial charge in [-0.05, 0) is 37.0 Å². The Morgan fingerprint density at radius 3 is 2.27 bits per heavy atom. The van der Waals surface area contributed by atoms with Crippen LogP contribution in [0.4, 0.5) is 0 Å². The van der Waals surface area contributed by atoms with E-state index < -0.39 is 10.0 Å². The first kappa shape index (κ1) is 15.3. The van der Waals surface area contributed by atoms with Gasteiger partial charge in [-0.2, -0.15) is 4.31 Å². The Kier molecular flexibility index (Phi) is 4.06. The molecule has 1 saturated heterocycles. The lowest BCUT2D eigenvalue weighted by molar-refractivity contribution is 0.394. The molecule has 2 atom stereocenters. The van der Waals surface area contributed by atoms with Crippen LogP contribution in [-0.4, -0.2) is 19.3 Å². The van der Waals surface area contributed by atoms with Crippen molar-refractivity contribution in [1.82, 2.24) is 4.31 Å². The summed E-state index contributed by atoms with van der Waals surface area (Å²) in [4.78, 5) is 0.383. The van der Waals surface area contributed by atoms with Crippen molar-refractivity contribution in [3.63, 3.8) is 0 Å². The highest BCUT2D eigenvalue weighted by Crippen LogP contribution is 2.39. The summed E-state index contributed by atoms with van der Waals surface area (Å²) in [6.07, 6.45) is 0.870. The molecule has 3 rings (SSSR count). The van der Waals surface area contributed by atoms with E-state index in [9.17, 15) is 8.42 Å². The van der Waals surface area contributed by atoms with E-state index >= 15 is 0 Å². The Labute approximate surface area is 132 Å². The second-order valence-corrected chi connectivity index (χ2v) is 8.05. The van der Waals surface area contributed by atoms with E-state index in [4.69, 9.17) is 0 Å². The van der Waals surface area contributed by atoms with E-state index in [0.29, 0.717) is 17.4 Å². The maximum absolute atomic E-state index is 13.0. The third-order valence-electron chi connectivity index (χ3n) is 4.28. The molecule has 22 heavy (non-hydrogen) atoms. The molecule has 0 bridgehead atoms. The molecule has 0 aromatic heterocycles. The lowest BCUT2D eigenvalue weighted by Gasteiger charge is -2.24. The van der Waals surface area contributed by atoms with Gasteiger partial charge in [-0.1, -0.05) is 55.0 Å². The van der Waals surface area contributed by atoms with Crippen molar-refractivity contribution in [3.05, 3.63) is 65.7 Å². The SMILES string of the molecule is Cc1ccc(S(=O)(=O)N2C[C@@H](C)C[C@@H]2c2ccccc2)cc1. The standard InChI is InChI=1S/C18H21NO2S/c1-14-8-10-17(11-9-14)22(20,21)19-13-15(2)12-18(19)16-6-4-3-5-7-16/h3-11,15,18H,12-13H2,1-2H3/t15-,18+/m0/s1. The van der Waals surface area contributed by atoms with E-state index in [-0.39, 0.29) is 6.04 Å². The number of hydrogen-bond donors (Lipinski definition) is 0. The lowest BCUT2D eigenvalue weighted by Crippen LogP contribution is -2.31. The van der Waals surface area contributed by atoms with Gasteiger partial charge in [0.25, 0.3) is 0 Å². The molecule has 0 radical (unpaired) electrons. The summed E-state index contributed by atoms with van der Waals surface area (Å²) in [5.74, 6) is 0.366. The number of sulfonamides is 1. The van der Waals surface area contributed by atoms with Crippen molar-refractivity contribution in [2.75, 3.05) is 6.54 Å². The van der Waals surface area contributed by atoms with E-state index in [1.165, 1.54) is 0 Å². The number of hydrogen-bond acceptors (Lipinski definition) is 2. The first-order chi connectivity index (χ1) is 10.5. The summed E-state index contributed by atoms with van der Waals surface area (Å²) >= 11 is 0. The summed E-state index contributed by atoms with van der Waals surface area (Å²) in [7, 11) is -3.45. The number of aryl methyl sites for hydroxylation is 1. The van der Waals surface area contributed by atoms with Gasteiger partial charge in [0.2, 0.25) is 10.0 Å². The highest BCUT2D eigenvalue weighted by atomic mass is 32.2. The fourth-order valence-corrected chi connectivity index (χ4v) is 4.84. The van der Waals surface area contributed by atoms with Gasteiger partial charge in [-0.25, -0.2) is 8.42 Å². The van der Waals surface area contributed by atoms with E-state index in [0.717, 1.165) is 17.5 Å². The minimum atomic E-state index is -3.45. The van der Waals surface area contributed by atoms with Crippen LogP contribution in [0, 0.1) is 12.8 Å². The van der Waals surface area contributed by atoms with Gasteiger partial charge in [0.05, 0.1) is 10.9 Å². The van der Waals surface area contributed by atoms with Crippen LogP contribution in [0.1, 0.15) is 30.5 Å². The average Bonchev–Trinajstić information content (AvgIpc) is 2.91. The quantitative estimate of drug-likeness (QED) is 0.864. The number of benzene rings is 2. The average molecular weight is 315 g/mol. The normalized spacial score (nSPS) is 22.8. The van der Waals surface area contributed by atoms with Crippen molar-refractivity contribution in [2.24, 2.45) is 5.92 Å². The highest BCUT2D eigenvalue weighted by molar-refractivity contribution is 7.89. The summed E-state index contributed by atoms with van der Waals surface area (Å²) in [6, 6.07) is 17.0. The smallest absolute Gasteiger partial charge is 0.207 e. The summed E-state index contributed by atoms with van der Waals surface area (Å²) in [5, 5.41) is 0. The Morgan fingerprint density at radius 1 is 1.00 bits per heavy atom. The van der Waals surface area contributed by atoms with Crippen LogP contribution in [0.2, 0.25) is 0 Å². The molecule has 1 fully saturated rings. The van der Waals surface area contributed by atoms with E-state index in [1.54, 1.807) is 16.4 Å². The van der Waals surface area contributed by atoms with E-state index in [2.05, 4.69) is 6.92 Å². The van der Waals surface area contributed by atoms with Gasteiger partial charge in [0.15, 0.2) is 0 Å². The van der Waals surface area contributed by atoms with Crippen LogP contribution < -0.4 is 0 Å². The lowest BCUT2D eigenvalue weighted by atomic mass is 10.0. The maximum atomic E-state index is 13.0. The molecule has 3 nitrogen and oxygen atoms in total. The predicted octanol–water partition coefficient (Wildman–Crippen LogP) is 3.77. The Balaban J connectivity index is 1.99. The molecule has 0 saturated carbocycles. The second kappa shape index (κ2) is 5.86. The molecule has 0 aliphatic carbocycles. The van der Waals surface area contributed by atoms with Crippen LogP contribution in [0.25, 0.3) is 0 Å². The van der Waals surface area contributed by atoms with Gasteiger partial charge in [0, 0.05) is 6.54 Å². The monoisotopic (exact) mass is 315 g/mol. The number of nitrogens with zero attached hydrogens (tertiary/aromatic N) is 1. The zero-order chi connectivity index (χ0) is 15.7. The molecule has 1 aliphatic heterocycles. The van der Waals surface area contributed by atoms with Gasteiger partial charge in [-0.15, -0.1) is 0 Å². The van der Waals surface area contributed by atoms with Crippen LogP contribution in [0.3, 0.4) is 0 Å². The molecule has 0 amide bonds. The van der Waals surface area contributed by atoms with Gasteiger partial charge >= 0.3 is 0 Å². The van der Waals surface area contributed by atoms with E-state index in [1.807, 2.05) is 49.4 Å². The Bertz CT molecular complexity index is 738. The van der Waals surface area contributed by atoms with Crippen LogP contribution in [0.5, 0.6) is 0 Å². The van der Waals surface area contributed by atoms with Gasteiger partial charge in [-0.3, -0.25) is 0 Å². The topological polar surface area (TPSA) is 37.4 Å². The molecule has 1 aliphatic rings. The molecule has 1 heterocycles. The van der Waals surface area contributed by atoms with Crippen molar-refractivity contribution in [3.8, 4) is 0 Å². The van der Waals surface area contributed by atoms with Crippen LogP contribution >= 0.6 is 0 Å². The third-order valence-corrected chi connectivity index (χ3v) is 6.17. The van der Waals surface area contributed by atoms with Gasteiger partial charge in [0.1, 0.15) is 0 Å². The first-order valence-corrected chi connectivity index (χ1v) is 9.06.